The molecule has 0 amide bonds. The third kappa shape index (κ3) is 5.55. The summed E-state index contributed by atoms with van der Waals surface area (Å²) in [5, 5.41) is 3.36. The minimum Gasteiger partial charge on any atom is -0.385 e. The number of rotatable bonds is 7. The zero-order valence-corrected chi connectivity index (χ0v) is 11.0. The Hall–Kier alpha value is -1.28. The zero-order chi connectivity index (χ0) is 12.7. The molecule has 0 aliphatic heterocycles. The number of benzene rings is 1. The summed E-state index contributed by atoms with van der Waals surface area (Å²) >= 11 is 0. The van der Waals surface area contributed by atoms with Gasteiger partial charge in [0.15, 0.2) is 0 Å². The number of aryl methyl sites for hydroxylation is 1. The van der Waals surface area contributed by atoms with Gasteiger partial charge in [-0.25, -0.2) is 0 Å². The van der Waals surface area contributed by atoms with Crippen molar-refractivity contribution in [1.29, 1.82) is 0 Å². The highest BCUT2D eigenvalue weighted by Gasteiger charge is 1.98. The smallest absolute Gasteiger partial charge is 0.0340 e. The molecular formula is C15H24N2. The molecule has 2 nitrogen and oxygen atoms in total. The highest BCUT2D eigenvalue weighted by Crippen LogP contribution is 2.10. The Balaban J connectivity index is 2.23. The second kappa shape index (κ2) is 7.13. The second-order valence-electron chi connectivity index (χ2n) is 4.74. The molecule has 0 aliphatic rings. The van der Waals surface area contributed by atoms with Crippen LogP contribution in [-0.2, 0) is 0 Å². The first-order valence-electron chi connectivity index (χ1n) is 6.35. The van der Waals surface area contributed by atoms with Gasteiger partial charge in [-0.3, -0.25) is 0 Å². The van der Waals surface area contributed by atoms with Gasteiger partial charge in [-0.1, -0.05) is 42.8 Å². The average Bonchev–Trinajstić information content (AvgIpc) is 2.29. The SMILES string of the molecule is C=C(NCCCCC(C)N)c1ccc(C)cc1. The summed E-state index contributed by atoms with van der Waals surface area (Å²) in [4.78, 5) is 0. The van der Waals surface area contributed by atoms with Gasteiger partial charge in [0, 0.05) is 18.3 Å². The van der Waals surface area contributed by atoms with E-state index in [2.05, 4.69) is 50.0 Å². The molecule has 0 heterocycles. The van der Waals surface area contributed by atoms with Crippen molar-refractivity contribution in [3.8, 4) is 0 Å². The fraction of sp³-hybridized carbons (Fsp3) is 0.467. The molecule has 0 radical (unpaired) electrons. The van der Waals surface area contributed by atoms with E-state index in [0.29, 0.717) is 6.04 Å². The summed E-state index contributed by atoms with van der Waals surface area (Å²) in [6, 6.07) is 8.74. The second-order valence-corrected chi connectivity index (χ2v) is 4.74. The van der Waals surface area contributed by atoms with Crippen molar-refractivity contribution in [2.45, 2.75) is 39.2 Å². The van der Waals surface area contributed by atoms with Crippen molar-refractivity contribution in [2.75, 3.05) is 6.54 Å². The van der Waals surface area contributed by atoms with Gasteiger partial charge < -0.3 is 11.1 Å². The normalized spacial score (nSPS) is 12.2. The molecule has 0 spiro atoms. The van der Waals surface area contributed by atoms with Crippen LogP contribution in [0, 0.1) is 6.92 Å². The molecule has 2 heteroatoms. The zero-order valence-electron chi connectivity index (χ0n) is 11.0. The average molecular weight is 232 g/mol. The molecular weight excluding hydrogens is 208 g/mol. The standard InChI is InChI=1S/C15H24N2/c1-12-7-9-15(10-8-12)14(3)17-11-5-4-6-13(2)16/h7-10,13,17H,3-6,11,16H2,1-2H3. The third-order valence-electron chi connectivity index (χ3n) is 2.82. The first kappa shape index (κ1) is 13.8. The van der Waals surface area contributed by atoms with Crippen molar-refractivity contribution in [3.63, 3.8) is 0 Å². The van der Waals surface area contributed by atoms with E-state index in [0.717, 1.165) is 25.1 Å². The van der Waals surface area contributed by atoms with Crippen LogP contribution in [0.3, 0.4) is 0 Å². The van der Waals surface area contributed by atoms with Crippen LogP contribution in [-0.4, -0.2) is 12.6 Å². The summed E-state index contributed by atoms with van der Waals surface area (Å²) in [5.41, 5.74) is 9.15. The molecule has 0 aliphatic carbocycles. The molecule has 0 fully saturated rings. The Morgan fingerprint density at radius 3 is 2.53 bits per heavy atom. The van der Waals surface area contributed by atoms with E-state index in [9.17, 15) is 0 Å². The fourth-order valence-electron chi connectivity index (χ4n) is 1.69. The quantitative estimate of drug-likeness (QED) is 0.709. The van der Waals surface area contributed by atoms with Gasteiger partial charge >= 0.3 is 0 Å². The molecule has 0 bridgehead atoms. The third-order valence-corrected chi connectivity index (χ3v) is 2.82. The van der Waals surface area contributed by atoms with Gasteiger partial charge in [0.05, 0.1) is 0 Å². The van der Waals surface area contributed by atoms with Crippen molar-refractivity contribution in [2.24, 2.45) is 5.73 Å². The largest absolute Gasteiger partial charge is 0.385 e. The molecule has 0 saturated carbocycles. The van der Waals surface area contributed by atoms with Gasteiger partial charge in [-0.2, -0.15) is 0 Å². The highest BCUT2D eigenvalue weighted by atomic mass is 14.9. The monoisotopic (exact) mass is 232 g/mol. The van der Waals surface area contributed by atoms with Crippen LogP contribution in [0.15, 0.2) is 30.8 Å². The maximum absolute atomic E-state index is 5.70. The number of nitrogens with one attached hydrogen (secondary N) is 1. The van der Waals surface area contributed by atoms with Gasteiger partial charge in [0.1, 0.15) is 0 Å². The van der Waals surface area contributed by atoms with Crippen molar-refractivity contribution in [1.82, 2.24) is 5.32 Å². The molecule has 1 rings (SSSR count). The Bertz CT molecular complexity index is 338. The van der Waals surface area contributed by atoms with E-state index >= 15 is 0 Å². The van der Waals surface area contributed by atoms with Crippen LogP contribution in [0.4, 0.5) is 0 Å². The molecule has 1 aromatic rings. The lowest BCUT2D eigenvalue weighted by molar-refractivity contribution is 0.590. The molecule has 1 unspecified atom stereocenters. The Morgan fingerprint density at radius 1 is 1.29 bits per heavy atom. The first-order chi connectivity index (χ1) is 8.09. The van der Waals surface area contributed by atoms with E-state index < -0.39 is 0 Å². The van der Waals surface area contributed by atoms with Crippen LogP contribution in [0.25, 0.3) is 5.70 Å². The molecule has 0 saturated heterocycles. The summed E-state index contributed by atoms with van der Waals surface area (Å²) in [5.74, 6) is 0. The number of hydrogen-bond acceptors (Lipinski definition) is 2. The van der Waals surface area contributed by atoms with Crippen LogP contribution >= 0.6 is 0 Å². The van der Waals surface area contributed by atoms with E-state index in [1.807, 2.05) is 0 Å². The Morgan fingerprint density at radius 2 is 1.94 bits per heavy atom. The van der Waals surface area contributed by atoms with Gasteiger partial charge in [0.25, 0.3) is 0 Å². The van der Waals surface area contributed by atoms with Crippen LogP contribution in [0.5, 0.6) is 0 Å². The van der Waals surface area contributed by atoms with E-state index in [4.69, 9.17) is 5.73 Å². The van der Waals surface area contributed by atoms with Crippen molar-refractivity contribution < 1.29 is 0 Å². The number of unbranched alkanes of at least 4 members (excludes halogenated alkanes) is 1. The first-order valence-corrected chi connectivity index (χ1v) is 6.35. The topological polar surface area (TPSA) is 38.0 Å². The minimum absolute atomic E-state index is 0.315. The summed E-state index contributed by atoms with van der Waals surface area (Å²) in [6.07, 6.45) is 3.41. The molecule has 3 N–H and O–H groups in total. The molecule has 1 atom stereocenters. The van der Waals surface area contributed by atoms with Crippen LogP contribution in [0.2, 0.25) is 0 Å². The van der Waals surface area contributed by atoms with Crippen molar-refractivity contribution in [3.05, 3.63) is 42.0 Å². The predicted molar refractivity (Wildman–Crippen MR) is 75.7 cm³/mol. The fourth-order valence-corrected chi connectivity index (χ4v) is 1.69. The van der Waals surface area contributed by atoms with E-state index in [1.54, 1.807) is 0 Å². The Kier molecular flexibility index (Phi) is 5.78. The van der Waals surface area contributed by atoms with Crippen LogP contribution in [0.1, 0.15) is 37.3 Å². The minimum atomic E-state index is 0.315. The summed E-state index contributed by atoms with van der Waals surface area (Å²) in [7, 11) is 0. The van der Waals surface area contributed by atoms with Crippen LogP contribution < -0.4 is 11.1 Å². The maximum atomic E-state index is 5.70. The van der Waals surface area contributed by atoms with E-state index in [1.165, 1.54) is 17.5 Å². The lowest BCUT2D eigenvalue weighted by Gasteiger charge is -2.10. The maximum Gasteiger partial charge on any atom is 0.0340 e. The highest BCUT2D eigenvalue weighted by molar-refractivity contribution is 5.61. The lowest BCUT2D eigenvalue weighted by atomic mass is 10.1. The number of nitrogens with two attached hydrogens (primary N) is 1. The van der Waals surface area contributed by atoms with Crippen molar-refractivity contribution >= 4 is 5.70 Å². The van der Waals surface area contributed by atoms with Gasteiger partial charge in [-0.05, 0) is 32.3 Å². The Labute approximate surface area is 105 Å². The molecule has 1 aromatic carbocycles. The van der Waals surface area contributed by atoms with Gasteiger partial charge in [0.2, 0.25) is 0 Å². The summed E-state index contributed by atoms with van der Waals surface area (Å²) < 4.78 is 0. The molecule has 17 heavy (non-hydrogen) atoms. The van der Waals surface area contributed by atoms with E-state index in [-0.39, 0.29) is 0 Å². The summed E-state index contributed by atoms with van der Waals surface area (Å²) in [6.45, 7) is 9.17. The molecule has 0 aromatic heterocycles. The van der Waals surface area contributed by atoms with Gasteiger partial charge in [-0.15, -0.1) is 0 Å². The predicted octanol–water partition coefficient (Wildman–Crippen LogP) is 3.07. The lowest BCUT2D eigenvalue weighted by Crippen LogP contribution is -2.16. The number of hydrogen-bond donors (Lipinski definition) is 2. The molecule has 94 valence electrons.